The second-order valence-electron chi connectivity index (χ2n) is 10.5. The molecule has 2 atom stereocenters. The van der Waals surface area contributed by atoms with E-state index in [9.17, 15) is 18.4 Å². The third-order valence-corrected chi connectivity index (χ3v) is 7.58. The Bertz CT molecular complexity index is 1340. The van der Waals surface area contributed by atoms with Crippen molar-refractivity contribution in [1.29, 1.82) is 0 Å². The second-order valence-corrected chi connectivity index (χ2v) is 10.5. The Kier molecular flexibility index (Phi) is 6.38. The van der Waals surface area contributed by atoms with Crippen LogP contribution < -0.4 is 10.6 Å². The van der Waals surface area contributed by atoms with Crippen molar-refractivity contribution in [2.45, 2.75) is 43.7 Å². The lowest BCUT2D eigenvalue weighted by atomic mass is 9.90. The first-order chi connectivity index (χ1) is 18.4. The minimum absolute atomic E-state index is 0.0256. The summed E-state index contributed by atoms with van der Waals surface area (Å²) in [5, 5.41) is 6.09. The van der Waals surface area contributed by atoms with Crippen LogP contribution in [0.15, 0.2) is 47.3 Å². The number of nitrogens with one attached hydrogen (secondary N) is 2. The van der Waals surface area contributed by atoms with Gasteiger partial charge in [-0.1, -0.05) is 0 Å². The van der Waals surface area contributed by atoms with Crippen LogP contribution in [0, 0.1) is 23.5 Å². The molecule has 1 aliphatic heterocycles. The lowest BCUT2D eigenvalue weighted by molar-refractivity contribution is -0.128. The second kappa shape index (κ2) is 9.86. The monoisotopic (exact) mass is 522 g/mol. The number of piperidine rings is 1. The molecule has 6 rings (SSSR count). The molecule has 2 amide bonds. The molecule has 3 aliphatic rings. The average molecular weight is 523 g/mol. The van der Waals surface area contributed by atoms with Crippen molar-refractivity contribution >= 4 is 11.8 Å². The van der Waals surface area contributed by atoms with E-state index in [1.807, 2.05) is 0 Å². The molecule has 1 aromatic carbocycles. The van der Waals surface area contributed by atoms with Gasteiger partial charge in [0.05, 0.1) is 11.5 Å². The molecule has 0 spiro atoms. The molecular formula is C27H28F2N6O3. The molecule has 2 aliphatic carbocycles. The van der Waals surface area contributed by atoms with Gasteiger partial charge in [-0.2, -0.15) is 0 Å². The van der Waals surface area contributed by atoms with Crippen LogP contribution in [0.5, 0.6) is 0 Å². The Morgan fingerprint density at radius 3 is 2.63 bits per heavy atom. The van der Waals surface area contributed by atoms with E-state index in [4.69, 9.17) is 4.42 Å². The van der Waals surface area contributed by atoms with Gasteiger partial charge in [-0.3, -0.25) is 9.59 Å². The summed E-state index contributed by atoms with van der Waals surface area (Å²) < 4.78 is 32.8. The highest BCUT2D eigenvalue weighted by Crippen LogP contribution is 2.44. The number of benzene rings is 1. The molecule has 198 valence electrons. The Morgan fingerprint density at radius 2 is 1.92 bits per heavy atom. The fraction of sp³-hybridized carbons (Fsp3) is 0.444. The van der Waals surface area contributed by atoms with Gasteiger partial charge in [-0.25, -0.2) is 23.7 Å². The first kappa shape index (κ1) is 24.6. The van der Waals surface area contributed by atoms with Gasteiger partial charge < -0.3 is 20.0 Å². The first-order valence-electron chi connectivity index (χ1n) is 12.9. The Morgan fingerprint density at radius 1 is 1.13 bits per heavy atom. The van der Waals surface area contributed by atoms with Crippen molar-refractivity contribution in [3.8, 4) is 11.3 Å². The molecule has 3 heterocycles. The Labute approximate surface area is 218 Å². The van der Waals surface area contributed by atoms with Crippen molar-refractivity contribution in [3.63, 3.8) is 0 Å². The van der Waals surface area contributed by atoms with E-state index in [2.05, 4.69) is 30.5 Å². The number of aromatic nitrogens is 3. The number of hydrogen-bond donors (Lipinski definition) is 2. The molecular weight excluding hydrogens is 494 g/mol. The lowest BCUT2D eigenvalue weighted by Gasteiger charge is -2.38. The molecule has 3 fully saturated rings. The summed E-state index contributed by atoms with van der Waals surface area (Å²) in [4.78, 5) is 41.8. The summed E-state index contributed by atoms with van der Waals surface area (Å²) in [6, 6.07) is 4.39. The van der Waals surface area contributed by atoms with E-state index < -0.39 is 35.0 Å². The zero-order valence-corrected chi connectivity index (χ0v) is 20.7. The SMILES string of the molecule is O=C(N[C@H]1CCN(CC2CC2)C[C@@H]1C(=O)NC1(c2ncccn2)CC1)c1nc(-c2ccc(F)cc2F)co1. The van der Waals surface area contributed by atoms with Crippen LogP contribution in [0.3, 0.4) is 0 Å². The number of likely N-dealkylation sites (tertiary alicyclic amines) is 1. The normalized spacial score (nSPS) is 22.6. The summed E-state index contributed by atoms with van der Waals surface area (Å²) in [5.74, 6) is -1.73. The van der Waals surface area contributed by atoms with E-state index in [0.717, 1.165) is 44.3 Å². The maximum absolute atomic E-state index is 14.2. The maximum Gasteiger partial charge on any atom is 0.307 e. The fourth-order valence-electron chi connectivity index (χ4n) is 5.12. The van der Waals surface area contributed by atoms with Crippen LogP contribution in [0.2, 0.25) is 0 Å². The van der Waals surface area contributed by atoms with E-state index in [-0.39, 0.29) is 23.1 Å². The van der Waals surface area contributed by atoms with Gasteiger partial charge in [0, 0.05) is 49.7 Å². The predicted octanol–water partition coefficient (Wildman–Crippen LogP) is 3.05. The van der Waals surface area contributed by atoms with Crippen LogP contribution in [0.25, 0.3) is 11.3 Å². The summed E-state index contributed by atoms with van der Waals surface area (Å²) in [6.45, 7) is 2.23. The van der Waals surface area contributed by atoms with Crippen molar-refractivity contribution < 1.29 is 22.8 Å². The molecule has 9 nitrogen and oxygen atoms in total. The van der Waals surface area contributed by atoms with Gasteiger partial charge in [0.2, 0.25) is 5.91 Å². The lowest BCUT2D eigenvalue weighted by Crippen LogP contribution is -2.57. The number of nitrogens with zero attached hydrogens (tertiary/aromatic N) is 4. The van der Waals surface area contributed by atoms with E-state index >= 15 is 0 Å². The third-order valence-electron chi connectivity index (χ3n) is 7.58. The molecule has 0 bridgehead atoms. The van der Waals surface area contributed by atoms with Crippen molar-refractivity contribution in [2.75, 3.05) is 19.6 Å². The molecule has 2 aromatic heterocycles. The minimum Gasteiger partial charge on any atom is -0.440 e. The number of halogens is 2. The summed E-state index contributed by atoms with van der Waals surface area (Å²) in [6.07, 6.45) is 9.02. The fourth-order valence-corrected chi connectivity index (χ4v) is 5.12. The van der Waals surface area contributed by atoms with Crippen molar-refractivity contribution in [1.82, 2.24) is 30.5 Å². The maximum atomic E-state index is 14.2. The standard InChI is InChI=1S/C27H28F2N6O3/c28-17-4-5-18(20(29)12-17)22-15-38-25(33-22)24(37)32-21-6-11-35(13-16-2-3-16)14-19(21)23(36)34-27(7-8-27)26-30-9-1-10-31-26/h1,4-5,9-10,12,15-16,19,21H,2-3,6-8,11,13-14H2,(H,32,37)(H,34,36)/t19-,21-/m0/s1. The average Bonchev–Trinajstić information content (AvgIpc) is 3.84. The molecule has 0 unspecified atom stereocenters. The zero-order valence-electron chi connectivity index (χ0n) is 20.7. The highest BCUT2D eigenvalue weighted by Gasteiger charge is 2.50. The number of rotatable bonds is 8. The van der Waals surface area contributed by atoms with E-state index in [0.29, 0.717) is 24.7 Å². The van der Waals surface area contributed by atoms with Crippen molar-refractivity contribution in [3.05, 3.63) is 66.3 Å². The Hall–Kier alpha value is -3.73. The van der Waals surface area contributed by atoms with Crippen LogP contribution in [0.4, 0.5) is 8.78 Å². The van der Waals surface area contributed by atoms with Gasteiger partial charge >= 0.3 is 5.91 Å². The van der Waals surface area contributed by atoms with Crippen LogP contribution in [-0.2, 0) is 10.3 Å². The van der Waals surface area contributed by atoms with E-state index in [1.165, 1.54) is 18.9 Å². The quantitative estimate of drug-likeness (QED) is 0.468. The molecule has 2 N–H and O–H groups in total. The summed E-state index contributed by atoms with van der Waals surface area (Å²) >= 11 is 0. The Balaban J connectivity index is 1.17. The molecule has 2 saturated carbocycles. The molecule has 0 radical (unpaired) electrons. The molecule has 1 saturated heterocycles. The minimum atomic E-state index is -0.804. The highest BCUT2D eigenvalue weighted by atomic mass is 19.1. The van der Waals surface area contributed by atoms with Crippen molar-refractivity contribution in [2.24, 2.45) is 11.8 Å². The number of oxazole rings is 1. The highest BCUT2D eigenvalue weighted by molar-refractivity contribution is 5.91. The first-order valence-corrected chi connectivity index (χ1v) is 12.9. The number of hydrogen-bond acceptors (Lipinski definition) is 7. The molecule has 3 aromatic rings. The van der Waals surface area contributed by atoms with Gasteiger partial charge in [-0.05, 0) is 56.2 Å². The number of amides is 2. The largest absolute Gasteiger partial charge is 0.440 e. The summed E-state index contributed by atoms with van der Waals surface area (Å²) in [7, 11) is 0. The van der Waals surface area contributed by atoms with Crippen LogP contribution in [-0.4, -0.2) is 57.3 Å². The van der Waals surface area contributed by atoms with Gasteiger partial charge in [0.25, 0.3) is 5.89 Å². The van der Waals surface area contributed by atoms with Gasteiger partial charge in [-0.15, -0.1) is 0 Å². The van der Waals surface area contributed by atoms with E-state index in [1.54, 1.807) is 18.5 Å². The summed E-state index contributed by atoms with van der Waals surface area (Å²) in [5.41, 5.74) is -0.458. The smallest absolute Gasteiger partial charge is 0.307 e. The number of carbonyl (C=O) groups excluding carboxylic acids is 2. The molecule has 38 heavy (non-hydrogen) atoms. The van der Waals surface area contributed by atoms with Crippen LogP contribution in [0.1, 0.15) is 48.6 Å². The third kappa shape index (κ3) is 5.15. The predicted molar refractivity (Wildman–Crippen MR) is 131 cm³/mol. The van der Waals surface area contributed by atoms with Crippen LogP contribution >= 0.6 is 0 Å². The number of carbonyl (C=O) groups is 2. The van der Waals surface area contributed by atoms with Gasteiger partial charge in [0.1, 0.15) is 23.6 Å². The van der Waals surface area contributed by atoms with Gasteiger partial charge in [0.15, 0.2) is 5.82 Å². The zero-order chi connectivity index (χ0) is 26.3. The molecule has 11 heteroatoms. The topological polar surface area (TPSA) is 113 Å².